The molecule has 10 heteroatoms. The van der Waals surface area contributed by atoms with Gasteiger partial charge in [-0.1, -0.05) is 44.2 Å². The minimum atomic E-state index is -1.05. The van der Waals surface area contributed by atoms with Gasteiger partial charge in [0.2, 0.25) is 11.8 Å². The van der Waals surface area contributed by atoms with Crippen molar-refractivity contribution in [3.8, 4) is 11.5 Å². The zero-order chi connectivity index (χ0) is 31.7. The lowest BCUT2D eigenvalue weighted by molar-refractivity contribution is -0.136. The maximum Gasteiger partial charge on any atom is 0.331 e. The molecule has 2 atom stereocenters. The van der Waals surface area contributed by atoms with Crippen LogP contribution in [0, 0.1) is 0 Å². The second-order valence-electron chi connectivity index (χ2n) is 11.3. The molecule has 0 aliphatic carbocycles. The number of nitrogens with zero attached hydrogens (tertiary/aromatic N) is 1. The predicted octanol–water partition coefficient (Wildman–Crippen LogP) is 4.26. The third kappa shape index (κ3) is 9.00. The molecule has 0 aliphatic rings. The minimum absolute atomic E-state index is 0.0926. The first-order valence-corrected chi connectivity index (χ1v) is 14.7. The summed E-state index contributed by atoms with van der Waals surface area (Å²) in [6, 6.07) is 13.7. The second-order valence-corrected chi connectivity index (χ2v) is 12.9. The number of carboxylic acid groups (broad SMARTS) is 1. The highest BCUT2D eigenvalue weighted by Gasteiger charge is 2.42. The average molecular weight is 600 g/mol. The van der Waals surface area contributed by atoms with Crippen molar-refractivity contribution in [1.82, 2.24) is 15.5 Å². The Morgan fingerprint density at radius 1 is 0.952 bits per heavy atom. The molecule has 0 heterocycles. The maximum absolute atomic E-state index is 13.9. The standard InChI is InChI=1S/C32H45N3O6S/c1-21(30(38)39)18-19-35(7)29(37)27(32(4,5)42-20-22-10-14-24(40-8)15-11-22)34-28(36)26(33-6)31(2,3)23-12-16-25(41-9)17-13-23/h10-18,26-27,33H,19-20H2,1-9H3,(H,34,36)(H,38,39)/b21-18+. The average Bonchev–Trinajstić information content (AvgIpc) is 2.97. The smallest absolute Gasteiger partial charge is 0.331 e. The van der Waals surface area contributed by atoms with E-state index in [0.29, 0.717) is 5.75 Å². The summed E-state index contributed by atoms with van der Waals surface area (Å²) in [5, 5.41) is 15.4. The number of carboxylic acids is 1. The van der Waals surface area contributed by atoms with Crippen LogP contribution in [0.4, 0.5) is 0 Å². The molecule has 0 saturated heterocycles. The first kappa shape index (κ1) is 34.7. The van der Waals surface area contributed by atoms with Crippen LogP contribution in [0.5, 0.6) is 11.5 Å². The number of likely N-dealkylation sites (N-methyl/N-ethyl adjacent to an activating group) is 2. The lowest BCUT2D eigenvalue weighted by atomic mass is 9.77. The lowest BCUT2D eigenvalue weighted by Crippen LogP contribution is -2.62. The molecule has 2 unspecified atom stereocenters. The minimum Gasteiger partial charge on any atom is -0.497 e. The number of benzene rings is 2. The number of carbonyl (C=O) groups excluding carboxylic acids is 2. The quantitative estimate of drug-likeness (QED) is 0.260. The van der Waals surface area contributed by atoms with Crippen molar-refractivity contribution in [2.75, 3.05) is 34.9 Å². The first-order valence-electron chi connectivity index (χ1n) is 13.7. The first-order chi connectivity index (χ1) is 19.7. The van der Waals surface area contributed by atoms with Crippen molar-refractivity contribution in [2.24, 2.45) is 0 Å². The SMILES string of the molecule is CNC(C(=O)NC(C(=O)N(C)C/C=C(\C)C(=O)O)C(C)(C)SCc1ccc(OC)cc1)C(C)(C)c1ccc(OC)cc1. The highest BCUT2D eigenvalue weighted by Crippen LogP contribution is 2.34. The number of thioether (sulfide) groups is 1. The van der Waals surface area contributed by atoms with Gasteiger partial charge < -0.3 is 30.1 Å². The normalized spacial score (nSPS) is 13.6. The molecule has 0 radical (unpaired) electrons. The fraction of sp³-hybridized carbons (Fsp3) is 0.469. The lowest BCUT2D eigenvalue weighted by Gasteiger charge is -2.39. The Hall–Kier alpha value is -3.50. The van der Waals surface area contributed by atoms with E-state index in [1.807, 2.05) is 76.2 Å². The summed E-state index contributed by atoms with van der Waals surface area (Å²) in [6.45, 7) is 9.38. The Bertz CT molecular complexity index is 1240. The van der Waals surface area contributed by atoms with Crippen molar-refractivity contribution in [2.45, 2.75) is 62.6 Å². The van der Waals surface area contributed by atoms with Gasteiger partial charge in [0.05, 0.1) is 20.3 Å². The summed E-state index contributed by atoms with van der Waals surface area (Å²) in [7, 11) is 6.55. The fourth-order valence-electron chi connectivity index (χ4n) is 4.51. The van der Waals surface area contributed by atoms with Gasteiger partial charge in [-0.05, 0) is 63.2 Å². The third-order valence-corrected chi connectivity index (χ3v) is 8.95. The molecule has 2 aromatic carbocycles. The summed E-state index contributed by atoms with van der Waals surface area (Å²) in [4.78, 5) is 40.5. The summed E-state index contributed by atoms with van der Waals surface area (Å²) in [5.74, 6) is 0.394. The van der Waals surface area contributed by atoms with Crippen molar-refractivity contribution < 1.29 is 29.0 Å². The number of amides is 2. The van der Waals surface area contributed by atoms with E-state index < -0.39 is 28.2 Å². The maximum atomic E-state index is 13.9. The zero-order valence-electron chi connectivity index (χ0n) is 26.1. The van der Waals surface area contributed by atoms with E-state index in [0.717, 1.165) is 22.6 Å². The van der Waals surface area contributed by atoms with E-state index in [9.17, 15) is 19.5 Å². The molecule has 230 valence electrons. The molecule has 0 fully saturated rings. The Balaban J connectivity index is 2.37. The van der Waals surface area contributed by atoms with Gasteiger partial charge in [0.25, 0.3) is 0 Å². The second kappa shape index (κ2) is 15.1. The molecule has 2 aromatic rings. The van der Waals surface area contributed by atoms with Crippen LogP contribution >= 0.6 is 11.8 Å². The van der Waals surface area contributed by atoms with Crippen LogP contribution in [0.1, 0.15) is 45.7 Å². The van der Waals surface area contributed by atoms with Crippen molar-refractivity contribution in [3.63, 3.8) is 0 Å². The number of carbonyl (C=O) groups is 3. The van der Waals surface area contributed by atoms with Crippen LogP contribution in [0.2, 0.25) is 0 Å². The van der Waals surface area contributed by atoms with E-state index in [4.69, 9.17) is 9.47 Å². The van der Waals surface area contributed by atoms with Crippen LogP contribution in [-0.4, -0.2) is 79.5 Å². The van der Waals surface area contributed by atoms with Crippen LogP contribution in [0.25, 0.3) is 0 Å². The Morgan fingerprint density at radius 2 is 1.48 bits per heavy atom. The van der Waals surface area contributed by atoms with Crippen molar-refractivity contribution >= 4 is 29.5 Å². The Kier molecular flexibility index (Phi) is 12.5. The van der Waals surface area contributed by atoms with E-state index in [-0.39, 0.29) is 23.9 Å². The molecular formula is C32H45N3O6S. The molecule has 2 rings (SSSR count). The summed E-state index contributed by atoms with van der Waals surface area (Å²) >= 11 is 1.55. The molecule has 0 spiro atoms. The summed E-state index contributed by atoms with van der Waals surface area (Å²) < 4.78 is 9.81. The van der Waals surface area contributed by atoms with Gasteiger partial charge in [-0.3, -0.25) is 9.59 Å². The van der Waals surface area contributed by atoms with Crippen molar-refractivity contribution in [1.29, 1.82) is 0 Å². The van der Waals surface area contributed by atoms with Crippen LogP contribution in [0.15, 0.2) is 60.2 Å². The van der Waals surface area contributed by atoms with Gasteiger partial charge in [0.1, 0.15) is 17.5 Å². The molecule has 0 aliphatic heterocycles. The molecular weight excluding hydrogens is 554 g/mol. The van der Waals surface area contributed by atoms with Gasteiger partial charge in [0, 0.05) is 35.1 Å². The van der Waals surface area contributed by atoms with E-state index in [2.05, 4.69) is 10.6 Å². The Morgan fingerprint density at radius 3 is 1.95 bits per heavy atom. The van der Waals surface area contributed by atoms with Crippen LogP contribution < -0.4 is 20.1 Å². The van der Waals surface area contributed by atoms with Crippen LogP contribution in [-0.2, 0) is 25.6 Å². The largest absolute Gasteiger partial charge is 0.497 e. The van der Waals surface area contributed by atoms with Crippen molar-refractivity contribution in [3.05, 3.63) is 71.3 Å². The number of methoxy groups -OCH3 is 2. The predicted molar refractivity (Wildman–Crippen MR) is 168 cm³/mol. The van der Waals surface area contributed by atoms with E-state index in [1.54, 1.807) is 40.1 Å². The highest BCUT2D eigenvalue weighted by atomic mass is 32.2. The number of nitrogens with one attached hydrogen (secondary N) is 2. The third-order valence-electron chi connectivity index (χ3n) is 7.49. The summed E-state index contributed by atoms with van der Waals surface area (Å²) in [5.41, 5.74) is 1.49. The zero-order valence-corrected chi connectivity index (χ0v) is 26.9. The van der Waals surface area contributed by atoms with Gasteiger partial charge in [-0.15, -0.1) is 11.8 Å². The van der Waals surface area contributed by atoms with E-state index >= 15 is 0 Å². The molecule has 9 nitrogen and oxygen atoms in total. The highest BCUT2D eigenvalue weighted by molar-refractivity contribution is 7.99. The molecule has 2 amide bonds. The number of hydrogen-bond acceptors (Lipinski definition) is 7. The fourth-order valence-corrected chi connectivity index (χ4v) is 5.57. The monoisotopic (exact) mass is 599 g/mol. The number of aliphatic carboxylic acids is 1. The number of ether oxygens (including phenoxy) is 2. The molecule has 3 N–H and O–H groups in total. The number of hydrogen-bond donors (Lipinski definition) is 3. The molecule has 0 saturated carbocycles. The molecule has 0 aromatic heterocycles. The Labute approximate surface area is 254 Å². The molecule has 42 heavy (non-hydrogen) atoms. The van der Waals surface area contributed by atoms with Gasteiger partial charge >= 0.3 is 5.97 Å². The van der Waals surface area contributed by atoms with Crippen LogP contribution in [0.3, 0.4) is 0 Å². The summed E-state index contributed by atoms with van der Waals surface area (Å²) in [6.07, 6.45) is 1.49. The molecule has 0 bridgehead atoms. The van der Waals surface area contributed by atoms with Gasteiger partial charge in [-0.25, -0.2) is 4.79 Å². The van der Waals surface area contributed by atoms with Gasteiger partial charge in [-0.2, -0.15) is 0 Å². The van der Waals surface area contributed by atoms with E-state index in [1.165, 1.54) is 17.9 Å². The topological polar surface area (TPSA) is 117 Å². The number of rotatable bonds is 15. The van der Waals surface area contributed by atoms with Gasteiger partial charge in [0.15, 0.2) is 0 Å².